The molecule has 0 radical (unpaired) electrons. The molecule has 8 fully saturated rings. The molecule has 0 saturated carbocycles. The lowest BCUT2D eigenvalue weighted by atomic mass is 9.77. The quantitative estimate of drug-likeness (QED) is 0.0333. The minimum Gasteiger partial charge on any atom is -0.393 e. The molecule has 0 bridgehead atoms. The highest BCUT2D eigenvalue weighted by atomic mass is 16.3. The Hall–Kier alpha value is -7.49. The molecule has 2 unspecified atom stereocenters. The number of likely N-dealkylation sites (tertiary alicyclic amines) is 7. The van der Waals surface area contributed by atoms with Gasteiger partial charge in [0.1, 0.15) is 0 Å². The van der Waals surface area contributed by atoms with E-state index in [-0.39, 0.29) is 92.7 Å². The fourth-order valence-electron chi connectivity index (χ4n) is 20.0. The number of aliphatic hydroxyl groups is 7. The average molecular weight is 2040 g/mol. The Kier molecular flexibility index (Phi) is 61.0. The van der Waals surface area contributed by atoms with Crippen LogP contribution in [-0.2, 0) is 5.41 Å². The summed E-state index contributed by atoms with van der Waals surface area (Å²) < 4.78 is 0. The summed E-state index contributed by atoms with van der Waals surface area (Å²) in [5, 5.41) is 67.9. The Morgan fingerprint density at radius 1 is 0.245 bits per heavy atom. The Labute approximate surface area is 897 Å². The van der Waals surface area contributed by atoms with Crippen molar-refractivity contribution in [3.05, 3.63) is 237 Å². The first-order valence-electron chi connectivity index (χ1n) is 54.6. The number of aliphatic hydroxyl groups excluding tert-OH is 7. The lowest BCUT2D eigenvalue weighted by molar-refractivity contribution is 0.0501. The zero-order valence-corrected chi connectivity index (χ0v) is 91.5. The predicted octanol–water partition coefficient (Wildman–Crippen LogP) is 26.1. The van der Waals surface area contributed by atoms with E-state index in [2.05, 4.69) is 351 Å². The maximum Gasteiger partial charge on any atom is 0.0667 e. The van der Waals surface area contributed by atoms with E-state index in [1.54, 1.807) is 0 Å². The lowest BCUT2D eigenvalue weighted by Gasteiger charge is -2.37. The van der Waals surface area contributed by atoms with Gasteiger partial charge in [0.25, 0.3) is 0 Å². The Morgan fingerprint density at radius 2 is 0.463 bits per heavy atom. The van der Waals surface area contributed by atoms with Crippen LogP contribution in [0.15, 0.2) is 152 Å². The van der Waals surface area contributed by atoms with E-state index in [1.807, 2.05) is 37.2 Å². The number of anilines is 1. The van der Waals surface area contributed by atoms with Crippen LogP contribution in [0.1, 0.15) is 475 Å². The van der Waals surface area contributed by atoms with Gasteiger partial charge in [0, 0.05) is 182 Å². The molecule has 8 aromatic rings. The van der Waals surface area contributed by atoms with Crippen LogP contribution >= 0.6 is 0 Å². The highest BCUT2D eigenvalue weighted by Crippen LogP contribution is 2.37. The summed E-state index contributed by atoms with van der Waals surface area (Å²) in [6, 6.07) is 43.2. The highest BCUT2D eigenvalue weighted by Gasteiger charge is 2.34. The molecule has 0 spiro atoms. The van der Waals surface area contributed by atoms with Crippen LogP contribution in [0.2, 0.25) is 0 Å². The maximum atomic E-state index is 9.73. The van der Waals surface area contributed by atoms with Crippen molar-refractivity contribution in [2.24, 2.45) is 0 Å². The minimum absolute atomic E-state index is 0. The molecule has 0 amide bonds. The molecular formula is C125H213N15O7. The normalized spacial score (nSPS) is 21.5. The summed E-state index contributed by atoms with van der Waals surface area (Å²) in [6.45, 7) is 65.8. The summed E-state index contributed by atoms with van der Waals surface area (Å²) in [4.78, 5) is 50.9. The van der Waals surface area contributed by atoms with Crippen LogP contribution in [0.5, 0.6) is 0 Å². The number of β-amino-alcohol motifs (C(OH)–C–C–N with tert-alkyl or cyclic N) is 6. The topological polar surface area (TPSA) is 258 Å². The van der Waals surface area contributed by atoms with Crippen molar-refractivity contribution in [1.82, 2.24) is 69.2 Å². The van der Waals surface area contributed by atoms with Gasteiger partial charge >= 0.3 is 0 Å². The molecule has 15 heterocycles. The summed E-state index contributed by atoms with van der Waals surface area (Å²) in [5.74, 6) is 3.98. The largest absolute Gasteiger partial charge is 0.393 e. The van der Waals surface area contributed by atoms with Crippen LogP contribution in [0.4, 0.5) is 5.69 Å². The third-order valence-corrected chi connectivity index (χ3v) is 30.6. The number of rotatable bonds is 22. The van der Waals surface area contributed by atoms with E-state index in [4.69, 9.17) is 4.98 Å². The summed E-state index contributed by atoms with van der Waals surface area (Å²) in [5.41, 5.74) is 19.8. The van der Waals surface area contributed by atoms with Gasteiger partial charge in [0.05, 0.1) is 42.7 Å². The molecule has 147 heavy (non-hydrogen) atoms. The number of benzene rings is 1. The smallest absolute Gasteiger partial charge is 0.0667 e. The van der Waals surface area contributed by atoms with Gasteiger partial charge in [-0.2, -0.15) is 0 Å². The second-order valence-electron chi connectivity index (χ2n) is 44.8. The lowest BCUT2D eigenvalue weighted by Crippen LogP contribution is -2.39. The first kappa shape index (κ1) is 134. The molecule has 0 aliphatic carbocycles. The fraction of sp³-hybridized carbons (Fsp3) is 0.672. The van der Waals surface area contributed by atoms with Gasteiger partial charge in [-0.15, -0.1) is 0 Å². The molecule has 7 aromatic heterocycles. The van der Waals surface area contributed by atoms with Crippen molar-refractivity contribution in [3.8, 4) is 0 Å². The van der Waals surface area contributed by atoms with Crippen molar-refractivity contribution in [1.29, 1.82) is 0 Å². The molecule has 8 saturated heterocycles. The van der Waals surface area contributed by atoms with Crippen LogP contribution < -0.4 is 4.90 Å². The van der Waals surface area contributed by atoms with Gasteiger partial charge in [-0.25, -0.2) is 0 Å². The number of hydrogen-bond donors (Lipinski definition) is 7. The molecule has 8 aliphatic rings. The van der Waals surface area contributed by atoms with Gasteiger partial charge in [-0.05, 0) is 351 Å². The number of piperidine rings is 8. The monoisotopic (exact) mass is 2040 g/mol. The first-order valence-corrected chi connectivity index (χ1v) is 54.6. The molecule has 8 aliphatic heterocycles. The average Bonchev–Trinajstić information content (AvgIpc) is 0.802. The zero-order valence-electron chi connectivity index (χ0n) is 91.5. The molecule has 16 rings (SSSR count). The van der Waals surface area contributed by atoms with Gasteiger partial charge in [0.15, 0.2) is 0 Å². The number of nitrogens with zero attached hydrogens (tertiary/aromatic N) is 15. The molecular weight excluding hydrogens is 1820 g/mol. The van der Waals surface area contributed by atoms with Crippen molar-refractivity contribution < 1.29 is 35.7 Å². The van der Waals surface area contributed by atoms with E-state index in [1.165, 1.54) is 82.0 Å². The predicted molar refractivity (Wildman–Crippen MR) is 622 cm³/mol. The summed E-state index contributed by atoms with van der Waals surface area (Å²) in [7, 11) is 2.21. The molecule has 12 atom stereocenters. The molecule has 830 valence electrons. The Morgan fingerprint density at radius 3 is 0.653 bits per heavy atom. The van der Waals surface area contributed by atoms with Gasteiger partial charge in [0.2, 0.25) is 0 Å². The maximum absolute atomic E-state index is 9.73. The fourth-order valence-corrected chi connectivity index (χ4v) is 20.0. The van der Waals surface area contributed by atoms with E-state index in [0.29, 0.717) is 83.6 Å². The van der Waals surface area contributed by atoms with Gasteiger partial charge in [-0.3, -0.25) is 64.3 Å². The summed E-state index contributed by atoms with van der Waals surface area (Å²) >= 11 is 0. The molecule has 22 heteroatoms. The zero-order chi connectivity index (χ0) is 103. The summed E-state index contributed by atoms with van der Waals surface area (Å²) in [6.07, 6.45) is 27.2. The molecule has 22 nitrogen and oxygen atoms in total. The van der Waals surface area contributed by atoms with Crippen LogP contribution in [0.3, 0.4) is 0 Å². The van der Waals surface area contributed by atoms with Crippen LogP contribution in [0, 0.1) is 0 Å². The number of pyridine rings is 7. The van der Waals surface area contributed by atoms with Crippen molar-refractivity contribution in [3.63, 3.8) is 0 Å². The standard InChI is InChI=1S/6C15H24N2O.C15H24N2.C14H21NO.6CH4/c6*1-11(2)15-7-6-13(9-16-15)12(3)17-8-4-5-14(18)10-17;1-12(2)13-6-5-7-14(16-13)15(3)8-10-17(4)11-9-15;1-11(2)12-3-5-13(6-4-12)15-9-7-14(16)8-10-15;;;;;;/h6*6-7,9,11-12,14,18H,4-5,8,10H2,1-3H3;5-7,12H,8-11H2,1-4H3;3-6,11,14,16H,7-10H2,1-2H3;6*1H4/t2*12?,14-;2*12-,14+;2*12-,14-;;;;;;;;/m101010......../s1. The third kappa shape index (κ3) is 43.2. The van der Waals surface area contributed by atoms with Crippen LogP contribution in [-0.4, -0.2) is 259 Å². The molecule has 7 N–H and O–H groups in total. The second-order valence-corrected chi connectivity index (χ2v) is 44.8. The van der Waals surface area contributed by atoms with Crippen molar-refractivity contribution in [2.75, 3.05) is 117 Å². The first-order chi connectivity index (χ1) is 67.1. The Balaban J connectivity index is 0.000000429. The van der Waals surface area contributed by atoms with Crippen LogP contribution in [0.25, 0.3) is 0 Å². The highest BCUT2D eigenvalue weighted by molar-refractivity contribution is 5.48. The number of hydrogen-bond acceptors (Lipinski definition) is 22. The van der Waals surface area contributed by atoms with E-state index >= 15 is 0 Å². The second kappa shape index (κ2) is 67.1. The van der Waals surface area contributed by atoms with E-state index in [9.17, 15) is 35.7 Å². The number of aromatic nitrogens is 7. The van der Waals surface area contributed by atoms with Gasteiger partial charge < -0.3 is 45.5 Å². The molecule has 1 aromatic carbocycles. The minimum atomic E-state index is -0.163. The van der Waals surface area contributed by atoms with Crippen molar-refractivity contribution >= 4 is 5.69 Å². The van der Waals surface area contributed by atoms with E-state index < -0.39 is 0 Å². The van der Waals surface area contributed by atoms with Gasteiger partial charge in [-0.1, -0.05) is 217 Å². The third-order valence-electron chi connectivity index (χ3n) is 30.6. The SMILES string of the molecule is C.C.C.C.C.C.CC(C)c1ccc(C(C)N2CCC[C@@H](O)C2)cn1.CC(C)c1ccc(C(C)N2CCC[C@H](O)C2)cn1.CC(C)c1ccc(N2CCC(O)CC2)cc1.CC(C)c1ccc([C@@H](C)N2CCC[C@@H](O)C2)cn1.CC(C)c1ccc([C@@H](C)N2CCC[C@H](O)C2)cn1.CC(C)c1ccc([C@H](C)N2CCC[C@@H](O)C2)cn1.CC(C)c1ccc([C@H](C)N2CCC[C@H](O)C2)cn1.CC(C)c1cccc(C2(C)CCN(C)CC2)n1. The van der Waals surface area contributed by atoms with E-state index in [0.717, 1.165) is 216 Å². The Bertz CT molecular complexity index is 4160. The van der Waals surface area contributed by atoms with Crippen molar-refractivity contribution in [2.45, 2.75) is 438 Å².